The third kappa shape index (κ3) is 3.28. The van der Waals surface area contributed by atoms with Gasteiger partial charge < -0.3 is 9.42 Å². The molecular weight excluding hydrogens is 342 g/mol. The highest BCUT2D eigenvalue weighted by Gasteiger charge is 2.25. The Morgan fingerprint density at radius 1 is 1.12 bits per heavy atom. The van der Waals surface area contributed by atoms with Crippen molar-refractivity contribution in [1.29, 1.82) is 0 Å². The third-order valence-electron chi connectivity index (χ3n) is 4.11. The van der Waals surface area contributed by atoms with Crippen LogP contribution < -0.4 is 0 Å². The number of nitrogens with zero attached hydrogens (tertiary/aromatic N) is 3. The Kier molecular flexibility index (Phi) is 4.46. The van der Waals surface area contributed by atoms with Gasteiger partial charge in [-0.25, -0.2) is 0 Å². The van der Waals surface area contributed by atoms with E-state index in [9.17, 15) is 4.79 Å². The van der Waals surface area contributed by atoms with E-state index in [-0.39, 0.29) is 5.91 Å². The molecule has 0 N–H and O–H groups in total. The summed E-state index contributed by atoms with van der Waals surface area (Å²) in [4.78, 5) is 19.2. The second-order valence-corrected chi connectivity index (χ2v) is 7.68. The van der Waals surface area contributed by atoms with Crippen molar-refractivity contribution in [3.63, 3.8) is 0 Å². The average molecular weight is 359 g/mol. The van der Waals surface area contributed by atoms with E-state index >= 15 is 0 Å². The molecule has 1 amide bonds. The highest BCUT2D eigenvalue weighted by atomic mass is 32.1. The number of hydrogen-bond donors (Lipinski definition) is 0. The van der Waals surface area contributed by atoms with Crippen LogP contribution in [0.2, 0.25) is 0 Å². The zero-order valence-electron chi connectivity index (χ0n) is 13.1. The molecular formula is C17H17N3O2S2. The minimum Gasteiger partial charge on any atom is -0.355 e. The lowest BCUT2D eigenvalue weighted by Gasteiger charge is -2.34. The van der Waals surface area contributed by atoms with Gasteiger partial charge in [0.2, 0.25) is 0 Å². The van der Waals surface area contributed by atoms with E-state index in [1.165, 1.54) is 4.88 Å². The number of hydrogen-bond acceptors (Lipinski definition) is 6. The predicted octanol–water partition coefficient (Wildman–Crippen LogP) is 3.42. The number of piperazine rings is 1. The van der Waals surface area contributed by atoms with Crippen LogP contribution in [0.5, 0.6) is 0 Å². The van der Waals surface area contributed by atoms with Crippen LogP contribution in [0, 0.1) is 0 Å². The van der Waals surface area contributed by atoms with E-state index in [0.29, 0.717) is 11.5 Å². The summed E-state index contributed by atoms with van der Waals surface area (Å²) >= 11 is 3.35. The van der Waals surface area contributed by atoms with Gasteiger partial charge in [-0.1, -0.05) is 17.3 Å². The van der Waals surface area contributed by atoms with Gasteiger partial charge in [-0.15, -0.1) is 22.7 Å². The van der Waals surface area contributed by atoms with Crippen molar-refractivity contribution in [2.45, 2.75) is 6.54 Å². The molecule has 4 rings (SSSR count). The van der Waals surface area contributed by atoms with Gasteiger partial charge in [0.25, 0.3) is 5.91 Å². The van der Waals surface area contributed by atoms with Crippen molar-refractivity contribution in [3.8, 4) is 10.6 Å². The molecule has 1 aliphatic heterocycles. The first-order chi connectivity index (χ1) is 11.8. The molecule has 0 saturated carbocycles. The number of rotatable bonds is 4. The Hall–Kier alpha value is -1.96. The molecule has 0 atom stereocenters. The number of thiophene rings is 2. The van der Waals surface area contributed by atoms with E-state index in [1.807, 2.05) is 22.4 Å². The van der Waals surface area contributed by atoms with Gasteiger partial charge in [-0.3, -0.25) is 9.69 Å². The van der Waals surface area contributed by atoms with E-state index in [4.69, 9.17) is 4.52 Å². The molecule has 0 bridgehead atoms. The Morgan fingerprint density at radius 3 is 2.62 bits per heavy atom. The predicted molar refractivity (Wildman–Crippen MR) is 95.3 cm³/mol. The molecule has 0 unspecified atom stereocenters. The van der Waals surface area contributed by atoms with Crippen molar-refractivity contribution in [1.82, 2.24) is 15.0 Å². The monoisotopic (exact) mass is 359 g/mol. The molecule has 3 aromatic heterocycles. The smallest absolute Gasteiger partial charge is 0.276 e. The zero-order chi connectivity index (χ0) is 16.4. The van der Waals surface area contributed by atoms with Crippen LogP contribution in [0.25, 0.3) is 10.6 Å². The van der Waals surface area contributed by atoms with Crippen LogP contribution in [0.3, 0.4) is 0 Å². The van der Waals surface area contributed by atoms with Gasteiger partial charge in [0.1, 0.15) is 0 Å². The van der Waals surface area contributed by atoms with Crippen LogP contribution in [0.4, 0.5) is 0 Å². The molecule has 0 aromatic carbocycles. The molecule has 1 saturated heterocycles. The number of carbonyl (C=O) groups is 1. The summed E-state index contributed by atoms with van der Waals surface area (Å²) in [5.74, 6) is 0.613. The van der Waals surface area contributed by atoms with Crippen molar-refractivity contribution in [2.24, 2.45) is 0 Å². The van der Waals surface area contributed by atoms with Gasteiger partial charge in [-0.2, -0.15) is 0 Å². The molecule has 7 heteroatoms. The maximum absolute atomic E-state index is 12.6. The van der Waals surface area contributed by atoms with Gasteiger partial charge in [0.05, 0.1) is 4.88 Å². The Bertz CT molecular complexity index is 788. The average Bonchev–Trinajstić information content (AvgIpc) is 3.36. The molecule has 3 aromatic rings. The Balaban J connectivity index is 1.36. The molecule has 4 heterocycles. The largest absolute Gasteiger partial charge is 0.355 e. The summed E-state index contributed by atoms with van der Waals surface area (Å²) < 4.78 is 5.32. The van der Waals surface area contributed by atoms with Crippen LogP contribution in [0.1, 0.15) is 15.4 Å². The molecule has 124 valence electrons. The zero-order valence-corrected chi connectivity index (χ0v) is 14.7. The fourth-order valence-electron chi connectivity index (χ4n) is 2.80. The molecule has 1 aliphatic rings. The maximum Gasteiger partial charge on any atom is 0.276 e. The first kappa shape index (κ1) is 15.6. The van der Waals surface area contributed by atoms with E-state index in [1.54, 1.807) is 28.7 Å². The van der Waals surface area contributed by atoms with Gasteiger partial charge >= 0.3 is 0 Å². The first-order valence-corrected chi connectivity index (χ1v) is 9.60. The van der Waals surface area contributed by atoms with Crippen molar-refractivity contribution in [2.75, 3.05) is 26.2 Å². The summed E-state index contributed by atoms with van der Waals surface area (Å²) in [7, 11) is 0. The molecule has 0 aliphatic carbocycles. The summed E-state index contributed by atoms with van der Waals surface area (Å²) in [5.41, 5.74) is 0.394. The maximum atomic E-state index is 12.6. The lowest BCUT2D eigenvalue weighted by molar-refractivity contribution is 0.0619. The number of aromatic nitrogens is 1. The second kappa shape index (κ2) is 6.88. The Morgan fingerprint density at radius 2 is 1.92 bits per heavy atom. The molecule has 0 spiro atoms. The van der Waals surface area contributed by atoms with E-state index in [2.05, 4.69) is 27.6 Å². The molecule has 5 nitrogen and oxygen atoms in total. The summed E-state index contributed by atoms with van der Waals surface area (Å²) in [5, 5.41) is 8.04. The molecule has 24 heavy (non-hydrogen) atoms. The lowest BCUT2D eigenvalue weighted by Crippen LogP contribution is -2.48. The summed E-state index contributed by atoms with van der Waals surface area (Å²) in [6.45, 7) is 4.20. The van der Waals surface area contributed by atoms with Crippen molar-refractivity contribution < 1.29 is 9.32 Å². The molecule has 1 fully saturated rings. The second-order valence-electron chi connectivity index (χ2n) is 5.70. The lowest BCUT2D eigenvalue weighted by atomic mass is 10.2. The quantitative estimate of drug-likeness (QED) is 0.716. The van der Waals surface area contributed by atoms with Crippen molar-refractivity contribution >= 4 is 28.6 Å². The minimum atomic E-state index is -0.0441. The minimum absolute atomic E-state index is 0.0441. The van der Waals surface area contributed by atoms with Crippen LogP contribution in [0.15, 0.2) is 45.6 Å². The van der Waals surface area contributed by atoms with E-state index < -0.39 is 0 Å². The summed E-state index contributed by atoms with van der Waals surface area (Å²) in [6, 6.07) is 9.89. The fraction of sp³-hybridized carbons (Fsp3) is 0.294. The molecule has 0 radical (unpaired) electrons. The van der Waals surface area contributed by atoms with Crippen LogP contribution in [-0.4, -0.2) is 47.0 Å². The van der Waals surface area contributed by atoms with Crippen LogP contribution >= 0.6 is 22.7 Å². The SMILES string of the molecule is O=C(c1cc(-c2cccs2)on1)N1CCN(Cc2cccs2)CC1. The highest BCUT2D eigenvalue weighted by molar-refractivity contribution is 7.13. The topological polar surface area (TPSA) is 49.6 Å². The van der Waals surface area contributed by atoms with Gasteiger partial charge in [0, 0.05) is 43.7 Å². The van der Waals surface area contributed by atoms with Gasteiger partial charge in [-0.05, 0) is 22.9 Å². The number of carbonyl (C=O) groups excluding carboxylic acids is 1. The van der Waals surface area contributed by atoms with E-state index in [0.717, 1.165) is 37.6 Å². The van der Waals surface area contributed by atoms with Crippen molar-refractivity contribution in [3.05, 3.63) is 51.7 Å². The third-order valence-corrected chi connectivity index (χ3v) is 5.86. The normalized spacial score (nSPS) is 15.8. The first-order valence-electron chi connectivity index (χ1n) is 7.84. The van der Waals surface area contributed by atoms with Crippen LogP contribution in [-0.2, 0) is 6.54 Å². The highest BCUT2D eigenvalue weighted by Crippen LogP contribution is 2.25. The van der Waals surface area contributed by atoms with Gasteiger partial charge in [0.15, 0.2) is 11.5 Å². The number of amides is 1. The Labute approximate surface area is 148 Å². The fourth-order valence-corrected chi connectivity index (χ4v) is 4.22. The summed E-state index contributed by atoms with van der Waals surface area (Å²) in [6.07, 6.45) is 0. The standard InChI is InChI=1S/C17H17N3O2S2/c21-17(14-11-15(22-18-14)16-4-2-10-24-16)20-7-5-19(6-8-20)12-13-3-1-9-23-13/h1-4,9-11H,5-8,12H2.